The van der Waals surface area contributed by atoms with Gasteiger partial charge in [-0.2, -0.15) is 0 Å². The molecule has 6 nitrogen and oxygen atoms in total. The molecule has 1 N–H and O–H groups in total. The topological polar surface area (TPSA) is 90.5 Å². The summed E-state index contributed by atoms with van der Waals surface area (Å²) in [5.74, 6) is 0.623. The van der Waals surface area contributed by atoms with Gasteiger partial charge in [-0.3, -0.25) is 0 Å². The van der Waals surface area contributed by atoms with Crippen molar-refractivity contribution in [2.24, 2.45) is 0 Å². The molecule has 0 heterocycles. The molecule has 9 heteroatoms. The van der Waals surface area contributed by atoms with Crippen LogP contribution < -0.4 is 9.47 Å². The number of sulfonamides is 1. The molecule has 0 aliphatic heterocycles. The van der Waals surface area contributed by atoms with Gasteiger partial charge in [0.2, 0.25) is 0 Å². The Morgan fingerprint density at radius 2 is 1.45 bits per heavy atom. The fourth-order valence-corrected chi connectivity index (χ4v) is 4.49. The molecule has 0 aliphatic carbocycles. The molecule has 0 fully saturated rings. The zero-order chi connectivity index (χ0) is 23.6. The van der Waals surface area contributed by atoms with Gasteiger partial charge in [-0.1, -0.05) is 71.8 Å². The van der Waals surface area contributed by atoms with Crippen LogP contribution in [0.15, 0.2) is 78.9 Å². The molecule has 0 saturated heterocycles. The van der Waals surface area contributed by atoms with E-state index in [1.165, 1.54) is 14.2 Å². The third-order valence-electron chi connectivity index (χ3n) is 4.72. The maximum atomic E-state index is 13.0. The number of rotatable bonds is 9. The maximum absolute atomic E-state index is 13.0. The molecular formula is C24H27ClN2O4RuS. The summed E-state index contributed by atoms with van der Waals surface area (Å²) in [5.41, 5.74) is 10.5. The van der Waals surface area contributed by atoms with Crippen molar-refractivity contribution in [3.05, 3.63) is 113 Å². The van der Waals surface area contributed by atoms with E-state index in [-0.39, 0.29) is 13.2 Å². The van der Waals surface area contributed by atoms with Gasteiger partial charge in [-0.25, -0.2) is 8.42 Å². The van der Waals surface area contributed by atoms with Crippen LogP contribution in [0.4, 0.5) is 0 Å². The number of halogens is 1. The summed E-state index contributed by atoms with van der Waals surface area (Å²) in [6.07, 6.45) is 0. The van der Waals surface area contributed by atoms with Crippen LogP contribution in [-0.2, 0) is 33.1 Å². The summed E-state index contributed by atoms with van der Waals surface area (Å²) in [4.78, 5) is 0. The molecule has 178 valence electrons. The Labute approximate surface area is 211 Å². The van der Waals surface area contributed by atoms with Crippen LogP contribution in [0.25, 0.3) is 10.5 Å². The zero-order valence-corrected chi connectivity index (χ0v) is 21.9. The van der Waals surface area contributed by atoms with Crippen LogP contribution in [0.1, 0.15) is 28.8 Å². The Morgan fingerprint density at radius 3 is 1.97 bits per heavy atom. The minimum absolute atomic E-state index is 0. The summed E-state index contributed by atoms with van der Waals surface area (Å²) in [6, 6.07) is 21.4. The number of benzene rings is 3. The fraction of sp³-hybridized carbons (Fsp3) is 0.208. The second kappa shape index (κ2) is 14.3. The summed E-state index contributed by atoms with van der Waals surface area (Å²) in [6.45, 7) is 0. The second-order valence-electron chi connectivity index (χ2n) is 6.75. The third kappa shape index (κ3) is 8.40. The van der Waals surface area contributed by atoms with E-state index in [2.05, 4.69) is 14.4 Å². The molecule has 0 aromatic heterocycles. The molecule has 2 unspecified atom stereocenters. The van der Waals surface area contributed by atoms with Gasteiger partial charge in [0, 0.05) is 5.56 Å². The van der Waals surface area contributed by atoms with E-state index < -0.39 is 22.1 Å². The first kappa shape index (κ1) is 29.1. The van der Waals surface area contributed by atoms with Crippen molar-refractivity contribution in [2.75, 3.05) is 14.2 Å². The number of nitrogens with zero attached hydrogens (tertiary/aromatic N) is 1. The molecule has 3 rings (SSSR count). The van der Waals surface area contributed by atoms with Crippen LogP contribution in [0.5, 0.6) is 11.5 Å². The van der Waals surface area contributed by atoms with Crippen LogP contribution in [0.3, 0.4) is 0 Å². The fourth-order valence-electron chi connectivity index (χ4n) is 3.21. The zero-order valence-electron chi connectivity index (χ0n) is 18.6. The molecule has 3 aromatic rings. The van der Waals surface area contributed by atoms with E-state index in [0.717, 1.165) is 0 Å². The van der Waals surface area contributed by atoms with Crippen LogP contribution in [-0.4, -0.2) is 22.6 Å². The van der Waals surface area contributed by atoms with E-state index in [4.69, 9.17) is 15.2 Å². The molecule has 0 aliphatic rings. The van der Waals surface area contributed by atoms with Gasteiger partial charge in [0.15, 0.2) is 0 Å². The molecule has 0 amide bonds. The summed E-state index contributed by atoms with van der Waals surface area (Å²) in [5, 5.41) is 0. The molecule has 0 saturated carbocycles. The Balaban J connectivity index is 0.00000177. The molecule has 33 heavy (non-hydrogen) atoms. The number of hydrogen-bond acceptors (Lipinski definition) is 4. The van der Waals surface area contributed by atoms with E-state index in [1.807, 2.05) is 53.7 Å². The van der Waals surface area contributed by atoms with Crippen molar-refractivity contribution < 1.29 is 35.2 Å². The van der Waals surface area contributed by atoms with Crippen molar-refractivity contribution in [3.8, 4) is 11.5 Å². The van der Waals surface area contributed by atoms with Gasteiger partial charge in [-0.05, 0) is 18.2 Å². The average molecular weight is 576 g/mol. The van der Waals surface area contributed by atoms with Gasteiger partial charge in [0.25, 0.3) is 0 Å². The Morgan fingerprint density at radius 1 is 0.909 bits per heavy atom. The number of methoxy groups -OCH3 is 2. The van der Waals surface area contributed by atoms with Crippen molar-refractivity contribution in [2.45, 2.75) is 17.8 Å². The SMILES string of the molecule is COc1ccc(OC)c(CS(=O)(=O)[N-]C(c2ccccc2)C([NH-])c2ccccc2)c1.[CH3-].[Cl][Ru+3]. The monoisotopic (exact) mass is 576 g/mol. The van der Waals surface area contributed by atoms with Gasteiger partial charge < -0.3 is 27.4 Å². The van der Waals surface area contributed by atoms with E-state index in [1.54, 1.807) is 42.5 Å². The van der Waals surface area contributed by atoms with Crippen molar-refractivity contribution in [1.82, 2.24) is 0 Å². The average Bonchev–Trinajstić information content (AvgIpc) is 2.84. The minimum atomic E-state index is -3.92. The Hall–Kier alpha value is -1.96. The summed E-state index contributed by atoms with van der Waals surface area (Å²) >= 11 is 1.82. The molecule has 2 atom stereocenters. The molecule has 3 aromatic carbocycles. The quantitative estimate of drug-likeness (QED) is 0.213. The summed E-state index contributed by atoms with van der Waals surface area (Å²) in [7, 11) is 3.64. The molecular weight excluding hydrogens is 549 g/mol. The normalized spacial score (nSPS) is 12.4. The summed E-state index contributed by atoms with van der Waals surface area (Å²) < 4.78 is 40.8. The molecule has 0 radical (unpaired) electrons. The van der Waals surface area contributed by atoms with Crippen molar-refractivity contribution in [1.29, 1.82) is 0 Å². The third-order valence-corrected chi connectivity index (χ3v) is 5.94. The number of hydrogen-bond donors (Lipinski definition) is 0. The second-order valence-corrected chi connectivity index (χ2v) is 8.42. The molecule has 0 bridgehead atoms. The van der Waals surface area contributed by atoms with Crippen LogP contribution >= 0.6 is 9.69 Å². The van der Waals surface area contributed by atoms with Gasteiger partial charge in [0.1, 0.15) is 11.5 Å². The van der Waals surface area contributed by atoms with Gasteiger partial charge >= 0.3 is 27.0 Å². The van der Waals surface area contributed by atoms with E-state index in [0.29, 0.717) is 28.2 Å². The predicted molar refractivity (Wildman–Crippen MR) is 130 cm³/mol. The number of ether oxygens (including phenoxy) is 2. The predicted octanol–water partition coefficient (Wildman–Crippen LogP) is 6.58. The molecule has 0 spiro atoms. The van der Waals surface area contributed by atoms with Crippen LogP contribution in [0.2, 0.25) is 0 Å². The van der Waals surface area contributed by atoms with E-state index in [9.17, 15) is 8.42 Å². The first-order chi connectivity index (χ1) is 15.4. The first-order valence-electron chi connectivity index (χ1n) is 9.53. The van der Waals surface area contributed by atoms with Gasteiger partial charge in [-0.15, -0.1) is 12.1 Å². The number of nitrogens with one attached hydrogen (secondary N) is 1. The Bertz CT molecular complexity index is 1070. The van der Waals surface area contributed by atoms with Gasteiger partial charge in [0.05, 0.1) is 30.0 Å². The first-order valence-corrected chi connectivity index (χ1v) is 13.4. The van der Waals surface area contributed by atoms with Crippen molar-refractivity contribution in [3.63, 3.8) is 0 Å². The standard InChI is InChI=1S/C23H24N2O4S.CH3.ClH.Ru/c1-28-20-13-14-21(29-2)19(15-20)16-30(26,27)25-23(18-11-7-4-8-12-18)22(24)17-9-5-3-6-10-17;;;/h3-15,22-24H,16H2,1-2H3;1H3;1H;/q-2;-1;;+4/p-1. The van der Waals surface area contributed by atoms with Crippen molar-refractivity contribution >= 4 is 19.7 Å². The Kier molecular flexibility index (Phi) is 12.6. The van der Waals surface area contributed by atoms with E-state index >= 15 is 0 Å². The van der Waals surface area contributed by atoms with Crippen LogP contribution in [0, 0.1) is 7.43 Å².